The lowest BCUT2D eigenvalue weighted by Gasteiger charge is -2.25. The Hall–Kier alpha value is -3.32. The second-order valence-corrected chi connectivity index (χ2v) is 9.84. The third-order valence-corrected chi connectivity index (χ3v) is 6.24. The van der Waals surface area contributed by atoms with Crippen LogP contribution in [0.4, 0.5) is 5.69 Å². The normalized spacial score (nSPS) is 12.1. The lowest BCUT2D eigenvalue weighted by molar-refractivity contribution is -0.120. The van der Waals surface area contributed by atoms with Gasteiger partial charge in [0, 0.05) is 0 Å². The zero-order chi connectivity index (χ0) is 23.8. The quantitative estimate of drug-likeness (QED) is 0.479. The first kappa shape index (κ1) is 24.3. The molecule has 1 N–H and O–H groups in total. The fourth-order valence-corrected chi connectivity index (χ4v) is 4.38. The van der Waals surface area contributed by atoms with E-state index in [2.05, 4.69) is 5.32 Å². The van der Waals surface area contributed by atoms with Gasteiger partial charge in [0.15, 0.2) is 0 Å². The van der Waals surface area contributed by atoms with Crippen molar-refractivity contribution in [2.45, 2.75) is 26.3 Å². The average Bonchev–Trinajstić information content (AvgIpc) is 2.80. The van der Waals surface area contributed by atoms with Crippen molar-refractivity contribution in [3.63, 3.8) is 0 Å². The van der Waals surface area contributed by atoms with Crippen LogP contribution >= 0.6 is 0 Å². The monoisotopic (exact) mass is 466 g/mol. The maximum Gasteiger partial charge on any atom is 0.241 e. The van der Waals surface area contributed by atoms with Gasteiger partial charge in [0.1, 0.15) is 12.3 Å². The molecule has 3 aromatic carbocycles. The van der Waals surface area contributed by atoms with E-state index >= 15 is 0 Å². The van der Waals surface area contributed by atoms with E-state index in [1.807, 2.05) is 68.4 Å². The van der Waals surface area contributed by atoms with E-state index in [0.717, 1.165) is 33.7 Å². The number of hydrogen-bond acceptors (Lipinski definition) is 4. The first-order chi connectivity index (χ1) is 15.8. The lowest BCUT2D eigenvalue weighted by atomic mass is 9.97. The number of hydrogen-bond donors (Lipinski definition) is 1. The topological polar surface area (TPSA) is 75.7 Å². The van der Waals surface area contributed by atoms with E-state index in [4.69, 9.17) is 4.74 Å². The number of aryl methyl sites for hydroxylation is 1. The van der Waals surface area contributed by atoms with E-state index < -0.39 is 22.0 Å². The Morgan fingerprint density at radius 3 is 2.24 bits per heavy atom. The molecule has 6 nitrogen and oxygen atoms in total. The van der Waals surface area contributed by atoms with Crippen LogP contribution in [0.1, 0.15) is 36.1 Å². The van der Waals surface area contributed by atoms with Crippen LogP contribution in [0.2, 0.25) is 0 Å². The Morgan fingerprint density at radius 2 is 1.64 bits per heavy atom. The van der Waals surface area contributed by atoms with Gasteiger partial charge in [-0.15, -0.1) is 0 Å². The number of anilines is 1. The number of ether oxygens (including phenoxy) is 1. The molecule has 3 aromatic rings. The van der Waals surface area contributed by atoms with Crippen LogP contribution in [0.15, 0.2) is 78.9 Å². The van der Waals surface area contributed by atoms with E-state index in [1.54, 1.807) is 24.3 Å². The summed E-state index contributed by atoms with van der Waals surface area (Å²) in [5, 5.41) is 3.02. The first-order valence-corrected chi connectivity index (χ1v) is 12.7. The van der Waals surface area contributed by atoms with Crippen molar-refractivity contribution in [1.29, 1.82) is 0 Å². The summed E-state index contributed by atoms with van der Waals surface area (Å²) in [5.74, 6) is 0.254. The van der Waals surface area contributed by atoms with Gasteiger partial charge in [0.25, 0.3) is 0 Å². The minimum absolute atomic E-state index is 0.330. The van der Waals surface area contributed by atoms with Crippen molar-refractivity contribution in [2.75, 3.05) is 23.7 Å². The maximum atomic E-state index is 13.1. The molecule has 1 unspecified atom stereocenters. The second-order valence-electron chi connectivity index (χ2n) is 7.94. The number of amides is 1. The molecule has 0 aromatic heterocycles. The van der Waals surface area contributed by atoms with Gasteiger partial charge in [-0.1, -0.05) is 67.1 Å². The smallest absolute Gasteiger partial charge is 0.241 e. The van der Waals surface area contributed by atoms with E-state index in [9.17, 15) is 13.2 Å². The standard InChI is InChI=1S/C26H30N2O4S/c1-4-17-32-24-15-13-23(14-16-24)28(33(3,30)31)19-25(29)27-26(21-10-6-5-7-11-21)22-12-8-9-20(2)18-22/h5-16,18,26H,4,17,19H2,1-3H3,(H,27,29). The molecule has 0 radical (unpaired) electrons. The van der Waals surface area contributed by atoms with Gasteiger partial charge in [-0.2, -0.15) is 0 Å². The highest BCUT2D eigenvalue weighted by atomic mass is 32.2. The summed E-state index contributed by atoms with van der Waals surface area (Å²) in [6, 6.07) is 23.8. The van der Waals surface area contributed by atoms with Crippen LogP contribution in [0.25, 0.3) is 0 Å². The summed E-state index contributed by atoms with van der Waals surface area (Å²) in [5.41, 5.74) is 3.33. The summed E-state index contributed by atoms with van der Waals surface area (Å²) in [7, 11) is -3.68. The van der Waals surface area contributed by atoms with Gasteiger partial charge in [-0.3, -0.25) is 9.10 Å². The minimum atomic E-state index is -3.68. The third-order valence-electron chi connectivity index (χ3n) is 5.10. The van der Waals surface area contributed by atoms with Crippen molar-refractivity contribution < 1.29 is 17.9 Å². The van der Waals surface area contributed by atoms with Crippen molar-refractivity contribution >= 4 is 21.6 Å². The summed E-state index contributed by atoms with van der Waals surface area (Å²) in [6.45, 7) is 4.25. The van der Waals surface area contributed by atoms with E-state index in [1.165, 1.54) is 0 Å². The van der Waals surface area contributed by atoms with E-state index in [0.29, 0.717) is 18.0 Å². The summed E-state index contributed by atoms with van der Waals surface area (Å²) < 4.78 is 31.7. The van der Waals surface area contributed by atoms with Crippen molar-refractivity contribution in [3.8, 4) is 5.75 Å². The SMILES string of the molecule is CCCOc1ccc(N(CC(=O)NC(c2ccccc2)c2cccc(C)c2)S(C)(=O)=O)cc1. The van der Waals surface area contributed by atoms with Gasteiger partial charge in [-0.25, -0.2) is 8.42 Å². The van der Waals surface area contributed by atoms with Gasteiger partial charge >= 0.3 is 0 Å². The number of rotatable bonds is 10. The highest BCUT2D eigenvalue weighted by Crippen LogP contribution is 2.24. The van der Waals surface area contributed by atoms with Gasteiger partial charge in [0.05, 0.1) is 24.6 Å². The molecular formula is C26H30N2O4S. The Morgan fingerprint density at radius 1 is 0.970 bits per heavy atom. The number of carbonyl (C=O) groups is 1. The molecule has 7 heteroatoms. The first-order valence-electron chi connectivity index (χ1n) is 10.9. The second kappa shape index (κ2) is 11.0. The molecule has 3 rings (SSSR count). The van der Waals surface area contributed by atoms with Crippen molar-refractivity contribution in [1.82, 2.24) is 5.32 Å². The van der Waals surface area contributed by atoms with Crippen LogP contribution < -0.4 is 14.4 Å². The molecule has 1 atom stereocenters. The predicted molar refractivity (Wildman–Crippen MR) is 132 cm³/mol. The Balaban J connectivity index is 1.83. The van der Waals surface area contributed by atoms with Crippen molar-refractivity contribution in [2.24, 2.45) is 0 Å². The lowest BCUT2D eigenvalue weighted by Crippen LogP contribution is -2.41. The number of sulfonamides is 1. The number of benzene rings is 3. The molecule has 0 fully saturated rings. The van der Waals surface area contributed by atoms with Gasteiger partial charge < -0.3 is 10.1 Å². The molecule has 0 spiro atoms. The fraction of sp³-hybridized carbons (Fsp3) is 0.269. The highest BCUT2D eigenvalue weighted by molar-refractivity contribution is 7.92. The number of carbonyl (C=O) groups excluding carboxylic acids is 1. The molecule has 1 amide bonds. The average molecular weight is 467 g/mol. The molecule has 0 aliphatic carbocycles. The Bertz CT molecular complexity index is 1160. The minimum Gasteiger partial charge on any atom is -0.494 e. The predicted octanol–water partition coefficient (Wildman–Crippen LogP) is 4.46. The zero-order valence-corrected chi connectivity index (χ0v) is 20.0. The number of nitrogens with one attached hydrogen (secondary N) is 1. The van der Waals surface area contributed by atoms with Gasteiger partial charge in [-0.05, 0) is 48.7 Å². The largest absolute Gasteiger partial charge is 0.494 e. The maximum absolute atomic E-state index is 13.1. The zero-order valence-electron chi connectivity index (χ0n) is 19.2. The summed E-state index contributed by atoms with van der Waals surface area (Å²) in [6.07, 6.45) is 1.97. The van der Waals surface area contributed by atoms with Crippen LogP contribution in [0.3, 0.4) is 0 Å². The molecule has 33 heavy (non-hydrogen) atoms. The summed E-state index contributed by atoms with van der Waals surface area (Å²) in [4.78, 5) is 13.1. The number of nitrogens with zero attached hydrogens (tertiary/aromatic N) is 1. The molecule has 0 saturated carbocycles. The molecule has 0 bridgehead atoms. The molecule has 0 heterocycles. The molecular weight excluding hydrogens is 436 g/mol. The van der Waals surface area contributed by atoms with Crippen molar-refractivity contribution in [3.05, 3.63) is 95.6 Å². The van der Waals surface area contributed by atoms with Crippen LogP contribution in [-0.2, 0) is 14.8 Å². The van der Waals surface area contributed by atoms with E-state index in [-0.39, 0.29) is 6.54 Å². The Kier molecular flexibility index (Phi) is 8.11. The van der Waals surface area contributed by atoms with Gasteiger partial charge in [0.2, 0.25) is 15.9 Å². The molecule has 0 saturated heterocycles. The third kappa shape index (κ3) is 6.83. The fourth-order valence-electron chi connectivity index (χ4n) is 3.52. The van der Waals surface area contributed by atoms with Crippen LogP contribution in [0.5, 0.6) is 5.75 Å². The molecule has 174 valence electrons. The Labute approximate surface area is 196 Å². The molecule has 0 aliphatic rings. The van der Waals surface area contributed by atoms with Crippen LogP contribution in [0, 0.1) is 6.92 Å². The summed E-state index contributed by atoms with van der Waals surface area (Å²) >= 11 is 0. The highest BCUT2D eigenvalue weighted by Gasteiger charge is 2.24. The van der Waals surface area contributed by atoms with Crippen LogP contribution in [-0.4, -0.2) is 33.7 Å². The molecule has 0 aliphatic heterocycles.